The van der Waals surface area contributed by atoms with Crippen LogP contribution in [0.1, 0.15) is 42.3 Å². The van der Waals surface area contributed by atoms with Crippen LogP contribution < -0.4 is 10.6 Å². The van der Waals surface area contributed by atoms with E-state index in [1.807, 2.05) is 25.2 Å². The number of benzene rings is 1. The van der Waals surface area contributed by atoms with Crippen LogP contribution in [0.2, 0.25) is 0 Å². The number of hydrogen-bond donors (Lipinski definition) is 2. The van der Waals surface area contributed by atoms with E-state index >= 15 is 0 Å². The zero-order chi connectivity index (χ0) is 20.9. The minimum atomic E-state index is 0.0482. The molecule has 30 heavy (non-hydrogen) atoms. The first-order valence-corrected chi connectivity index (χ1v) is 11.6. The van der Waals surface area contributed by atoms with Gasteiger partial charge in [-0.3, -0.25) is 9.89 Å². The first-order valence-electron chi connectivity index (χ1n) is 10.7. The van der Waals surface area contributed by atoms with E-state index in [2.05, 4.69) is 56.9 Å². The summed E-state index contributed by atoms with van der Waals surface area (Å²) in [5, 5.41) is 11.4. The van der Waals surface area contributed by atoms with E-state index in [4.69, 9.17) is 4.42 Å². The summed E-state index contributed by atoms with van der Waals surface area (Å²) in [5.74, 6) is 2.41. The molecule has 160 valence electrons. The van der Waals surface area contributed by atoms with Crippen LogP contribution in [0.25, 0.3) is 11.0 Å². The lowest BCUT2D eigenvalue weighted by Crippen LogP contribution is -2.43. The van der Waals surface area contributed by atoms with Crippen LogP contribution in [0.4, 0.5) is 0 Å². The Balaban J connectivity index is 1.23. The normalized spacial score (nSPS) is 17.4. The monoisotopic (exact) mass is 425 g/mol. The Bertz CT molecular complexity index is 953. The molecule has 0 amide bonds. The Labute approximate surface area is 182 Å². The molecule has 0 spiro atoms. The van der Waals surface area contributed by atoms with Crippen molar-refractivity contribution >= 4 is 28.3 Å². The number of nitrogens with zero attached hydrogens (tertiary/aromatic N) is 3. The fraction of sp³-hybridized carbons (Fsp3) is 0.478. The zero-order valence-corrected chi connectivity index (χ0v) is 18.8. The molecule has 0 radical (unpaired) electrons. The van der Waals surface area contributed by atoms with Gasteiger partial charge in [-0.2, -0.15) is 0 Å². The van der Waals surface area contributed by atoms with Crippen molar-refractivity contribution in [1.29, 1.82) is 0 Å². The Kier molecular flexibility index (Phi) is 6.69. The number of likely N-dealkylation sites (tertiary alicyclic amines) is 1. The van der Waals surface area contributed by atoms with Crippen molar-refractivity contribution < 1.29 is 4.42 Å². The maximum Gasteiger partial charge on any atom is 0.191 e. The summed E-state index contributed by atoms with van der Waals surface area (Å²) >= 11 is 1.74. The third-order valence-corrected chi connectivity index (χ3v) is 6.59. The third kappa shape index (κ3) is 5.21. The van der Waals surface area contributed by atoms with Crippen LogP contribution >= 0.6 is 11.3 Å². The molecule has 1 fully saturated rings. The highest BCUT2D eigenvalue weighted by Gasteiger charge is 2.20. The fourth-order valence-corrected chi connectivity index (χ4v) is 4.59. The molecule has 1 aromatic carbocycles. The number of nitrogens with one attached hydrogen (secondary N) is 2. The number of furan rings is 1. The Hall–Kier alpha value is -2.38. The molecule has 1 aliphatic heterocycles. The molecule has 1 unspecified atom stereocenters. The van der Waals surface area contributed by atoms with Gasteiger partial charge in [-0.25, -0.2) is 4.98 Å². The van der Waals surface area contributed by atoms with Crippen LogP contribution in [0, 0.1) is 12.8 Å². The van der Waals surface area contributed by atoms with Gasteiger partial charge < -0.3 is 15.1 Å². The number of aryl methyl sites for hydroxylation is 1. The van der Waals surface area contributed by atoms with Gasteiger partial charge in [0.2, 0.25) is 0 Å². The second kappa shape index (κ2) is 9.62. The number of aliphatic imine (C=N–C) groups is 1. The van der Waals surface area contributed by atoms with E-state index in [0.717, 1.165) is 53.9 Å². The van der Waals surface area contributed by atoms with Gasteiger partial charge in [-0.1, -0.05) is 18.2 Å². The number of guanidine groups is 1. The summed E-state index contributed by atoms with van der Waals surface area (Å²) in [4.78, 5) is 11.5. The summed E-state index contributed by atoms with van der Waals surface area (Å²) in [7, 11) is 1.82. The van der Waals surface area contributed by atoms with Crippen molar-refractivity contribution in [3.05, 3.63) is 52.2 Å². The lowest BCUT2D eigenvalue weighted by Gasteiger charge is -2.32. The molecule has 6 nitrogen and oxygen atoms in total. The Morgan fingerprint density at radius 1 is 1.33 bits per heavy atom. The van der Waals surface area contributed by atoms with Gasteiger partial charge in [0, 0.05) is 30.9 Å². The van der Waals surface area contributed by atoms with Crippen LogP contribution in [0.5, 0.6) is 0 Å². The lowest BCUT2D eigenvalue weighted by molar-refractivity contribution is 0.176. The van der Waals surface area contributed by atoms with Gasteiger partial charge in [0.1, 0.15) is 11.3 Å². The standard InChI is InChI=1S/C23H31N5OS/c1-16(22-12-19-6-4-5-7-21(19)29-22)26-23(24-3)25-13-18-8-10-28(11-9-18)14-20-15-30-17(2)27-20/h4-7,12,15-16,18H,8-11,13-14H2,1-3H3,(H2,24,25,26). The largest absolute Gasteiger partial charge is 0.459 e. The molecule has 2 N–H and O–H groups in total. The molecule has 1 saturated heterocycles. The predicted octanol–water partition coefficient (Wildman–Crippen LogP) is 4.34. The summed E-state index contributed by atoms with van der Waals surface area (Å²) < 4.78 is 5.98. The smallest absolute Gasteiger partial charge is 0.191 e. The topological polar surface area (TPSA) is 65.7 Å². The summed E-state index contributed by atoms with van der Waals surface area (Å²) in [6.45, 7) is 8.35. The van der Waals surface area contributed by atoms with Gasteiger partial charge in [0.25, 0.3) is 0 Å². The Morgan fingerprint density at radius 2 is 2.13 bits per heavy atom. The molecular formula is C23H31N5OS. The van der Waals surface area contributed by atoms with Crippen molar-refractivity contribution in [2.24, 2.45) is 10.9 Å². The molecule has 0 bridgehead atoms. The zero-order valence-electron chi connectivity index (χ0n) is 18.0. The van der Waals surface area contributed by atoms with Crippen molar-refractivity contribution in [1.82, 2.24) is 20.5 Å². The molecular weight excluding hydrogens is 394 g/mol. The molecule has 3 heterocycles. The van der Waals surface area contributed by atoms with Crippen LogP contribution in [-0.2, 0) is 6.54 Å². The number of rotatable bonds is 6. The van der Waals surface area contributed by atoms with E-state index in [9.17, 15) is 0 Å². The molecule has 3 aromatic rings. The summed E-state index contributed by atoms with van der Waals surface area (Å²) in [6, 6.07) is 10.2. The maximum absolute atomic E-state index is 5.98. The van der Waals surface area contributed by atoms with Crippen LogP contribution in [0.3, 0.4) is 0 Å². The number of hydrogen-bond acceptors (Lipinski definition) is 5. The molecule has 4 rings (SSSR count). The SMILES string of the molecule is CN=C(NCC1CCN(Cc2csc(C)n2)CC1)NC(C)c1cc2ccccc2o1. The van der Waals surface area contributed by atoms with E-state index in [1.54, 1.807) is 11.3 Å². The second-order valence-corrected chi connectivity index (χ2v) is 9.15. The van der Waals surface area contributed by atoms with Gasteiger partial charge in [0.15, 0.2) is 5.96 Å². The molecule has 7 heteroatoms. The van der Waals surface area contributed by atoms with Crippen molar-refractivity contribution in [2.45, 2.75) is 39.3 Å². The van der Waals surface area contributed by atoms with Gasteiger partial charge >= 0.3 is 0 Å². The lowest BCUT2D eigenvalue weighted by atomic mass is 9.97. The highest BCUT2D eigenvalue weighted by molar-refractivity contribution is 7.09. The number of fused-ring (bicyclic) bond motifs is 1. The second-order valence-electron chi connectivity index (χ2n) is 8.08. The minimum Gasteiger partial charge on any atom is -0.459 e. The van der Waals surface area contributed by atoms with Crippen LogP contribution in [0.15, 0.2) is 45.1 Å². The number of aromatic nitrogens is 1. The number of para-hydroxylation sites is 1. The highest BCUT2D eigenvalue weighted by atomic mass is 32.1. The van der Waals surface area contributed by atoms with E-state index in [0.29, 0.717) is 5.92 Å². The molecule has 1 atom stereocenters. The van der Waals surface area contributed by atoms with Crippen molar-refractivity contribution in [3.63, 3.8) is 0 Å². The van der Waals surface area contributed by atoms with E-state index < -0.39 is 0 Å². The molecule has 0 saturated carbocycles. The predicted molar refractivity (Wildman–Crippen MR) is 124 cm³/mol. The first kappa shape index (κ1) is 20.9. The van der Waals surface area contributed by atoms with Crippen LogP contribution in [-0.4, -0.2) is 42.5 Å². The quantitative estimate of drug-likeness (QED) is 0.454. The maximum atomic E-state index is 5.98. The Morgan fingerprint density at radius 3 is 2.83 bits per heavy atom. The van der Waals surface area contributed by atoms with Gasteiger partial charge in [-0.15, -0.1) is 11.3 Å². The minimum absolute atomic E-state index is 0.0482. The van der Waals surface area contributed by atoms with Crippen molar-refractivity contribution in [3.8, 4) is 0 Å². The highest BCUT2D eigenvalue weighted by Crippen LogP contribution is 2.23. The molecule has 0 aliphatic carbocycles. The number of thiazole rings is 1. The van der Waals surface area contributed by atoms with E-state index in [-0.39, 0.29) is 6.04 Å². The third-order valence-electron chi connectivity index (χ3n) is 5.77. The summed E-state index contributed by atoms with van der Waals surface area (Å²) in [5.41, 5.74) is 2.13. The molecule has 2 aromatic heterocycles. The number of piperidine rings is 1. The van der Waals surface area contributed by atoms with Gasteiger partial charge in [-0.05, 0) is 57.8 Å². The van der Waals surface area contributed by atoms with Crippen molar-refractivity contribution in [2.75, 3.05) is 26.7 Å². The molecule has 1 aliphatic rings. The summed E-state index contributed by atoms with van der Waals surface area (Å²) in [6.07, 6.45) is 2.40. The average molecular weight is 426 g/mol. The average Bonchev–Trinajstić information content (AvgIpc) is 3.38. The first-order chi connectivity index (χ1) is 14.6. The van der Waals surface area contributed by atoms with Gasteiger partial charge in [0.05, 0.1) is 16.7 Å². The van der Waals surface area contributed by atoms with E-state index in [1.165, 1.54) is 18.5 Å². The fourth-order valence-electron chi connectivity index (χ4n) is 3.99.